The number of hydrogen-bond acceptors (Lipinski definition) is 4. The molecule has 0 unspecified atom stereocenters. The minimum atomic E-state index is 0.209. The molecular formula is C12H25N3O. The Morgan fingerprint density at radius 3 is 2.56 bits per heavy atom. The van der Waals surface area contributed by atoms with Crippen molar-refractivity contribution in [1.29, 1.82) is 0 Å². The van der Waals surface area contributed by atoms with Gasteiger partial charge in [0.1, 0.15) is 0 Å². The van der Waals surface area contributed by atoms with E-state index in [0.29, 0.717) is 0 Å². The predicted octanol–water partition coefficient (Wildman–Crippen LogP) is 1.07. The largest absolute Gasteiger partial charge is 0.396 e. The predicted molar refractivity (Wildman–Crippen MR) is 67.7 cm³/mol. The summed E-state index contributed by atoms with van der Waals surface area (Å²) in [6.07, 6.45) is 3.05. The van der Waals surface area contributed by atoms with Crippen molar-refractivity contribution < 1.29 is 5.11 Å². The second-order valence-corrected chi connectivity index (χ2v) is 4.66. The van der Waals surface area contributed by atoms with Crippen LogP contribution in [0.2, 0.25) is 0 Å². The van der Waals surface area contributed by atoms with Gasteiger partial charge in [0, 0.05) is 26.7 Å². The number of nitrogens with zero attached hydrogens (tertiary/aromatic N) is 2. The van der Waals surface area contributed by atoms with Gasteiger partial charge in [0.05, 0.1) is 6.54 Å². The van der Waals surface area contributed by atoms with Crippen LogP contribution in [0, 0.1) is 5.41 Å². The number of aliphatic hydroxyl groups is 1. The van der Waals surface area contributed by atoms with Gasteiger partial charge in [0.15, 0.2) is 5.96 Å². The Hall–Kier alpha value is -0.770. The Morgan fingerprint density at radius 2 is 2.12 bits per heavy atom. The summed E-state index contributed by atoms with van der Waals surface area (Å²) < 4.78 is 0. The van der Waals surface area contributed by atoms with Crippen molar-refractivity contribution in [2.45, 2.75) is 33.1 Å². The van der Waals surface area contributed by atoms with Crippen LogP contribution >= 0.6 is 0 Å². The molecule has 1 aliphatic rings. The second kappa shape index (κ2) is 6.09. The number of hydrogen-bond donors (Lipinski definition) is 2. The molecule has 0 radical (unpaired) electrons. The molecule has 0 saturated carbocycles. The van der Waals surface area contributed by atoms with Gasteiger partial charge in [-0.15, -0.1) is 0 Å². The normalized spacial score (nSPS) is 16.5. The Morgan fingerprint density at radius 1 is 1.44 bits per heavy atom. The van der Waals surface area contributed by atoms with Crippen LogP contribution in [0.3, 0.4) is 0 Å². The first-order valence-electron chi connectivity index (χ1n) is 6.28. The SMILES string of the molecule is CCC(CC)(CCO)CNC1=NCCN1C. The van der Waals surface area contributed by atoms with E-state index in [9.17, 15) is 0 Å². The molecular weight excluding hydrogens is 202 g/mol. The van der Waals surface area contributed by atoms with Crippen LogP contribution in [-0.4, -0.2) is 49.3 Å². The minimum absolute atomic E-state index is 0.209. The van der Waals surface area contributed by atoms with E-state index in [-0.39, 0.29) is 12.0 Å². The fraction of sp³-hybridized carbons (Fsp3) is 0.917. The molecule has 0 fully saturated rings. The Kier molecular flexibility index (Phi) is 5.06. The Bertz CT molecular complexity index is 236. The minimum Gasteiger partial charge on any atom is -0.396 e. The van der Waals surface area contributed by atoms with Crippen LogP contribution in [0.5, 0.6) is 0 Å². The van der Waals surface area contributed by atoms with Gasteiger partial charge in [-0.3, -0.25) is 4.99 Å². The van der Waals surface area contributed by atoms with E-state index in [0.717, 1.165) is 44.9 Å². The van der Waals surface area contributed by atoms with Crippen LogP contribution in [0.15, 0.2) is 4.99 Å². The average molecular weight is 227 g/mol. The van der Waals surface area contributed by atoms with Crippen LogP contribution in [0.1, 0.15) is 33.1 Å². The number of rotatable bonds is 6. The van der Waals surface area contributed by atoms with Crippen LogP contribution < -0.4 is 5.32 Å². The lowest BCUT2D eigenvalue weighted by Crippen LogP contribution is -2.42. The smallest absolute Gasteiger partial charge is 0.193 e. The number of nitrogens with one attached hydrogen (secondary N) is 1. The molecule has 0 amide bonds. The van der Waals surface area contributed by atoms with E-state index in [1.165, 1.54) is 0 Å². The Balaban J connectivity index is 2.49. The fourth-order valence-electron chi connectivity index (χ4n) is 2.17. The van der Waals surface area contributed by atoms with Crippen molar-refractivity contribution in [1.82, 2.24) is 10.2 Å². The van der Waals surface area contributed by atoms with Crippen molar-refractivity contribution >= 4 is 5.96 Å². The molecule has 0 spiro atoms. The third-order valence-corrected chi connectivity index (χ3v) is 3.82. The van der Waals surface area contributed by atoms with Crippen molar-refractivity contribution in [3.05, 3.63) is 0 Å². The highest BCUT2D eigenvalue weighted by Gasteiger charge is 2.26. The highest BCUT2D eigenvalue weighted by molar-refractivity contribution is 5.81. The molecule has 1 heterocycles. The average Bonchev–Trinajstić information content (AvgIpc) is 2.70. The molecule has 94 valence electrons. The summed E-state index contributed by atoms with van der Waals surface area (Å²) in [4.78, 5) is 6.57. The van der Waals surface area contributed by atoms with Crippen LogP contribution in [0.25, 0.3) is 0 Å². The van der Waals surface area contributed by atoms with Gasteiger partial charge < -0.3 is 15.3 Å². The highest BCUT2D eigenvalue weighted by atomic mass is 16.3. The first kappa shape index (κ1) is 13.3. The summed E-state index contributed by atoms with van der Waals surface area (Å²) in [6.45, 7) is 7.47. The zero-order valence-corrected chi connectivity index (χ0v) is 10.8. The molecule has 0 saturated heterocycles. The first-order valence-corrected chi connectivity index (χ1v) is 6.28. The molecule has 4 heteroatoms. The lowest BCUT2D eigenvalue weighted by atomic mass is 9.79. The molecule has 1 rings (SSSR count). The lowest BCUT2D eigenvalue weighted by Gasteiger charge is -2.32. The molecule has 0 aromatic rings. The number of guanidine groups is 1. The van der Waals surface area contributed by atoms with E-state index in [2.05, 4.69) is 36.1 Å². The maximum Gasteiger partial charge on any atom is 0.193 e. The molecule has 4 nitrogen and oxygen atoms in total. The summed E-state index contributed by atoms with van der Waals surface area (Å²) in [5.74, 6) is 1.00. The molecule has 0 aliphatic carbocycles. The quantitative estimate of drug-likeness (QED) is 0.713. The summed E-state index contributed by atoms with van der Waals surface area (Å²) in [6, 6.07) is 0. The molecule has 0 aromatic carbocycles. The van der Waals surface area contributed by atoms with Gasteiger partial charge in [0.2, 0.25) is 0 Å². The van der Waals surface area contributed by atoms with Gasteiger partial charge in [-0.05, 0) is 24.7 Å². The standard InChI is InChI=1S/C12H25N3O/c1-4-12(5-2,6-9-16)10-14-11-13-7-8-15(11)3/h16H,4-10H2,1-3H3,(H,13,14). The fourth-order valence-corrected chi connectivity index (χ4v) is 2.17. The van der Waals surface area contributed by atoms with Crippen molar-refractivity contribution in [2.75, 3.05) is 33.3 Å². The van der Waals surface area contributed by atoms with E-state index in [1.54, 1.807) is 0 Å². The van der Waals surface area contributed by atoms with Gasteiger partial charge in [-0.25, -0.2) is 0 Å². The zero-order chi connectivity index (χ0) is 12.0. The van der Waals surface area contributed by atoms with E-state index >= 15 is 0 Å². The summed E-state index contributed by atoms with van der Waals surface area (Å²) >= 11 is 0. The third-order valence-electron chi connectivity index (χ3n) is 3.82. The monoisotopic (exact) mass is 227 g/mol. The molecule has 1 aliphatic heterocycles. The van der Waals surface area contributed by atoms with Crippen LogP contribution in [-0.2, 0) is 0 Å². The van der Waals surface area contributed by atoms with Crippen LogP contribution in [0.4, 0.5) is 0 Å². The van der Waals surface area contributed by atoms with Gasteiger partial charge in [-0.1, -0.05) is 13.8 Å². The molecule has 16 heavy (non-hydrogen) atoms. The maximum absolute atomic E-state index is 9.14. The van der Waals surface area contributed by atoms with E-state index in [1.807, 2.05) is 0 Å². The van der Waals surface area contributed by atoms with Gasteiger partial charge >= 0.3 is 0 Å². The summed E-state index contributed by atoms with van der Waals surface area (Å²) in [7, 11) is 2.06. The van der Waals surface area contributed by atoms with Crippen molar-refractivity contribution in [3.63, 3.8) is 0 Å². The van der Waals surface area contributed by atoms with Gasteiger partial charge in [0.25, 0.3) is 0 Å². The second-order valence-electron chi connectivity index (χ2n) is 4.66. The van der Waals surface area contributed by atoms with E-state index < -0.39 is 0 Å². The van der Waals surface area contributed by atoms with E-state index in [4.69, 9.17) is 5.11 Å². The zero-order valence-electron chi connectivity index (χ0n) is 10.8. The lowest BCUT2D eigenvalue weighted by molar-refractivity contribution is 0.169. The molecule has 0 bridgehead atoms. The number of aliphatic imine (C=N–C) groups is 1. The summed E-state index contributed by atoms with van der Waals surface area (Å²) in [5, 5.41) is 12.6. The maximum atomic E-state index is 9.14. The van der Waals surface area contributed by atoms with Gasteiger partial charge in [-0.2, -0.15) is 0 Å². The highest BCUT2D eigenvalue weighted by Crippen LogP contribution is 2.29. The van der Waals surface area contributed by atoms with Crippen molar-refractivity contribution in [2.24, 2.45) is 10.4 Å². The number of likely N-dealkylation sites (N-methyl/N-ethyl adjacent to an activating group) is 1. The first-order chi connectivity index (χ1) is 7.67. The molecule has 2 N–H and O–H groups in total. The summed E-state index contributed by atoms with van der Waals surface area (Å²) in [5.41, 5.74) is 0.209. The van der Waals surface area contributed by atoms with Crippen molar-refractivity contribution in [3.8, 4) is 0 Å². The number of aliphatic hydroxyl groups excluding tert-OH is 1. The third kappa shape index (κ3) is 3.11. The molecule has 0 atom stereocenters. The Labute approximate surface area is 98.7 Å². The topological polar surface area (TPSA) is 47.9 Å². The molecule has 0 aromatic heterocycles.